The molecule has 1 aromatic carbocycles. The molecule has 0 saturated carbocycles. The van der Waals surface area contributed by atoms with E-state index in [2.05, 4.69) is 5.32 Å². The van der Waals surface area contributed by atoms with Crippen LogP contribution in [0.3, 0.4) is 0 Å². The van der Waals surface area contributed by atoms with E-state index < -0.39 is 23.9 Å². The van der Waals surface area contributed by atoms with Crippen LogP contribution in [0.2, 0.25) is 0 Å². The molecule has 2 unspecified atom stereocenters. The lowest BCUT2D eigenvalue weighted by Gasteiger charge is -2.18. The van der Waals surface area contributed by atoms with E-state index >= 15 is 0 Å². The Labute approximate surface area is 158 Å². The fraction of sp³-hybridized carbons (Fsp3) is 0.400. The van der Waals surface area contributed by atoms with Crippen LogP contribution < -0.4 is 10.1 Å². The second-order valence-electron chi connectivity index (χ2n) is 6.75. The Morgan fingerprint density at radius 2 is 1.74 bits per heavy atom. The highest BCUT2D eigenvalue weighted by Crippen LogP contribution is 2.28. The molecule has 0 spiro atoms. The van der Waals surface area contributed by atoms with E-state index in [0.29, 0.717) is 17.9 Å². The van der Waals surface area contributed by atoms with Gasteiger partial charge in [-0.25, -0.2) is 0 Å². The molecule has 0 radical (unpaired) electrons. The molecule has 27 heavy (non-hydrogen) atoms. The molecule has 0 aliphatic carbocycles. The van der Waals surface area contributed by atoms with Gasteiger partial charge in [-0.3, -0.25) is 9.59 Å². The SMILES string of the molecule is COc1ccc(-c2ccc(C(CNC(CC(C)C)C(=O)O)C(=O)O)o2)cc1. The summed E-state index contributed by atoms with van der Waals surface area (Å²) in [6.07, 6.45) is 0.414. The molecule has 146 valence electrons. The minimum atomic E-state index is -1.08. The second-order valence-corrected chi connectivity index (χ2v) is 6.75. The van der Waals surface area contributed by atoms with Gasteiger partial charge in [0.15, 0.2) is 0 Å². The molecule has 3 N–H and O–H groups in total. The van der Waals surface area contributed by atoms with E-state index in [1.165, 1.54) is 0 Å². The molecule has 2 rings (SSSR count). The molecule has 0 aliphatic rings. The number of carboxylic acid groups (broad SMARTS) is 2. The van der Waals surface area contributed by atoms with Crippen LogP contribution in [-0.2, 0) is 9.59 Å². The van der Waals surface area contributed by atoms with Crippen molar-refractivity contribution in [3.05, 3.63) is 42.2 Å². The lowest BCUT2D eigenvalue weighted by Crippen LogP contribution is -2.41. The summed E-state index contributed by atoms with van der Waals surface area (Å²) in [5.74, 6) is -1.36. The summed E-state index contributed by atoms with van der Waals surface area (Å²) in [4.78, 5) is 23.0. The minimum Gasteiger partial charge on any atom is -0.497 e. The summed E-state index contributed by atoms with van der Waals surface area (Å²) in [5, 5.41) is 21.7. The van der Waals surface area contributed by atoms with Crippen molar-refractivity contribution in [2.45, 2.75) is 32.2 Å². The Hall–Kier alpha value is -2.80. The van der Waals surface area contributed by atoms with Gasteiger partial charge in [-0.15, -0.1) is 0 Å². The van der Waals surface area contributed by atoms with Crippen molar-refractivity contribution in [2.24, 2.45) is 5.92 Å². The summed E-state index contributed by atoms with van der Waals surface area (Å²) < 4.78 is 10.8. The maximum Gasteiger partial charge on any atom is 0.320 e. The zero-order chi connectivity index (χ0) is 20.0. The Balaban J connectivity index is 2.13. The molecular formula is C20H25NO6. The number of carbonyl (C=O) groups is 2. The number of benzene rings is 1. The Morgan fingerprint density at radius 1 is 1.07 bits per heavy atom. The number of methoxy groups -OCH3 is 1. The average Bonchev–Trinajstić information content (AvgIpc) is 3.10. The summed E-state index contributed by atoms with van der Waals surface area (Å²) >= 11 is 0. The predicted octanol–water partition coefficient (Wildman–Crippen LogP) is 3.21. The largest absolute Gasteiger partial charge is 0.497 e. The third-order valence-corrected chi connectivity index (χ3v) is 4.22. The highest BCUT2D eigenvalue weighted by Gasteiger charge is 2.27. The van der Waals surface area contributed by atoms with Crippen LogP contribution in [0, 0.1) is 5.92 Å². The van der Waals surface area contributed by atoms with Crippen LogP contribution in [0.15, 0.2) is 40.8 Å². The second kappa shape index (κ2) is 9.23. The predicted molar refractivity (Wildman–Crippen MR) is 100.0 cm³/mol. The van der Waals surface area contributed by atoms with Crippen molar-refractivity contribution in [3.63, 3.8) is 0 Å². The van der Waals surface area contributed by atoms with Crippen LogP contribution in [0.4, 0.5) is 0 Å². The first-order chi connectivity index (χ1) is 12.8. The van der Waals surface area contributed by atoms with Gasteiger partial charge in [-0.1, -0.05) is 13.8 Å². The molecular weight excluding hydrogens is 350 g/mol. The fourth-order valence-electron chi connectivity index (χ4n) is 2.76. The molecule has 0 fully saturated rings. The topological polar surface area (TPSA) is 109 Å². The van der Waals surface area contributed by atoms with Crippen LogP contribution in [0.25, 0.3) is 11.3 Å². The van der Waals surface area contributed by atoms with Gasteiger partial charge >= 0.3 is 11.9 Å². The third-order valence-electron chi connectivity index (χ3n) is 4.22. The molecule has 2 atom stereocenters. The Kier molecular flexibility index (Phi) is 7.01. The first-order valence-corrected chi connectivity index (χ1v) is 8.75. The van der Waals surface area contributed by atoms with E-state index in [0.717, 1.165) is 5.56 Å². The maximum atomic E-state index is 11.7. The smallest absolute Gasteiger partial charge is 0.320 e. The lowest BCUT2D eigenvalue weighted by atomic mass is 10.0. The molecule has 1 aromatic heterocycles. The standard InChI is InChI=1S/C20H25NO6/c1-12(2)10-16(20(24)25)21-11-15(19(22)23)18-9-8-17(27-18)13-4-6-14(26-3)7-5-13/h4-9,12,15-16,21H,10-11H2,1-3H3,(H,22,23)(H,24,25). The van der Waals surface area contributed by atoms with Crippen LogP contribution in [-0.4, -0.2) is 41.8 Å². The van der Waals surface area contributed by atoms with Gasteiger partial charge in [0.05, 0.1) is 7.11 Å². The molecule has 0 bridgehead atoms. The number of carboxylic acids is 2. The van der Waals surface area contributed by atoms with E-state index in [4.69, 9.17) is 9.15 Å². The van der Waals surface area contributed by atoms with Crippen LogP contribution in [0.5, 0.6) is 5.75 Å². The highest BCUT2D eigenvalue weighted by atomic mass is 16.5. The van der Waals surface area contributed by atoms with Crippen molar-refractivity contribution < 1.29 is 29.0 Å². The zero-order valence-electron chi connectivity index (χ0n) is 15.6. The normalized spacial score (nSPS) is 13.3. The first-order valence-electron chi connectivity index (χ1n) is 8.75. The third kappa shape index (κ3) is 5.59. The summed E-state index contributed by atoms with van der Waals surface area (Å²) in [6, 6.07) is 9.72. The number of hydrogen-bond acceptors (Lipinski definition) is 5. The summed E-state index contributed by atoms with van der Waals surface area (Å²) in [6.45, 7) is 3.80. The van der Waals surface area contributed by atoms with Gasteiger partial charge < -0.3 is 24.7 Å². The van der Waals surface area contributed by atoms with Gasteiger partial charge in [0.25, 0.3) is 0 Å². The number of furan rings is 1. The maximum absolute atomic E-state index is 11.7. The molecule has 0 aliphatic heterocycles. The van der Waals surface area contributed by atoms with Crippen molar-refractivity contribution in [3.8, 4) is 17.1 Å². The first kappa shape index (κ1) is 20.5. The quantitative estimate of drug-likeness (QED) is 0.585. The summed E-state index contributed by atoms with van der Waals surface area (Å²) in [7, 11) is 1.58. The Bertz CT molecular complexity index is 765. The number of aliphatic carboxylic acids is 2. The molecule has 0 amide bonds. The molecule has 2 aromatic rings. The minimum absolute atomic E-state index is 0.0331. The van der Waals surface area contributed by atoms with E-state index in [-0.39, 0.29) is 18.2 Å². The van der Waals surface area contributed by atoms with Crippen LogP contribution >= 0.6 is 0 Å². The van der Waals surface area contributed by atoms with Gasteiger partial charge in [0, 0.05) is 12.1 Å². The lowest BCUT2D eigenvalue weighted by molar-refractivity contribution is -0.142. The molecule has 7 nitrogen and oxygen atoms in total. The van der Waals surface area contributed by atoms with E-state index in [1.54, 1.807) is 31.4 Å². The zero-order valence-corrected chi connectivity index (χ0v) is 15.6. The Morgan fingerprint density at radius 3 is 2.26 bits per heavy atom. The van der Waals surface area contributed by atoms with Gasteiger partial charge in [-0.05, 0) is 48.7 Å². The number of rotatable bonds is 10. The van der Waals surface area contributed by atoms with Gasteiger partial charge in [0.1, 0.15) is 29.2 Å². The highest BCUT2D eigenvalue weighted by molar-refractivity contribution is 5.77. The van der Waals surface area contributed by atoms with Crippen molar-refractivity contribution >= 4 is 11.9 Å². The van der Waals surface area contributed by atoms with Crippen LogP contribution in [0.1, 0.15) is 31.9 Å². The monoisotopic (exact) mass is 375 g/mol. The number of nitrogens with one attached hydrogen (secondary N) is 1. The van der Waals surface area contributed by atoms with Gasteiger partial charge in [0.2, 0.25) is 0 Å². The van der Waals surface area contributed by atoms with Gasteiger partial charge in [-0.2, -0.15) is 0 Å². The summed E-state index contributed by atoms with van der Waals surface area (Å²) in [5.41, 5.74) is 0.794. The van der Waals surface area contributed by atoms with Crippen molar-refractivity contribution in [1.29, 1.82) is 0 Å². The van der Waals surface area contributed by atoms with E-state index in [1.807, 2.05) is 26.0 Å². The molecule has 0 saturated heterocycles. The number of ether oxygens (including phenoxy) is 1. The molecule has 7 heteroatoms. The van der Waals surface area contributed by atoms with Crippen molar-refractivity contribution in [1.82, 2.24) is 5.32 Å². The van der Waals surface area contributed by atoms with E-state index in [9.17, 15) is 19.8 Å². The average molecular weight is 375 g/mol. The fourth-order valence-corrected chi connectivity index (χ4v) is 2.76. The number of hydrogen-bond donors (Lipinski definition) is 3. The molecule has 1 heterocycles. The van der Waals surface area contributed by atoms with Crippen molar-refractivity contribution in [2.75, 3.05) is 13.7 Å².